The van der Waals surface area contributed by atoms with Crippen molar-refractivity contribution in [2.24, 2.45) is 5.73 Å². The van der Waals surface area contributed by atoms with E-state index < -0.39 is 18.2 Å². The van der Waals surface area contributed by atoms with Gasteiger partial charge in [-0.2, -0.15) is 0 Å². The molecule has 3 aromatic carbocycles. The second-order valence-electron chi connectivity index (χ2n) is 7.88. The van der Waals surface area contributed by atoms with Gasteiger partial charge in [0.1, 0.15) is 5.75 Å². The maximum Gasteiger partial charge on any atom is 0.206 e. The second kappa shape index (κ2) is 10.1. The molecule has 6 nitrogen and oxygen atoms in total. The van der Waals surface area contributed by atoms with E-state index >= 15 is 0 Å². The van der Waals surface area contributed by atoms with E-state index in [0.29, 0.717) is 22.9 Å². The number of rotatable bonds is 8. The predicted molar refractivity (Wildman–Crippen MR) is 130 cm³/mol. The molecule has 4 N–H and O–H groups in total. The van der Waals surface area contributed by atoms with Crippen molar-refractivity contribution in [2.75, 3.05) is 25.6 Å². The Bertz CT molecular complexity index is 1170. The van der Waals surface area contributed by atoms with E-state index in [2.05, 4.69) is 5.32 Å². The number of aliphatic hydroxyl groups is 1. The van der Waals surface area contributed by atoms with Crippen LogP contribution in [-0.2, 0) is 4.74 Å². The van der Waals surface area contributed by atoms with Crippen molar-refractivity contribution in [3.63, 3.8) is 0 Å². The van der Waals surface area contributed by atoms with Crippen LogP contribution in [0.5, 0.6) is 5.75 Å². The number of carbonyl (C=O) groups excluding carboxylic acids is 1. The molecule has 4 rings (SSSR count). The van der Waals surface area contributed by atoms with Gasteiger partial charge in [-0.15, -0.1) is 0 Å². The number of nitrogens with one attached hydrogen (secondary N) is 1. The van der Waals surface area contributed by atoms with Crippen LogP contribution < -0.4 is 15.8 Å². The number of ether oxygens (including phenoxy) is 2. The fraction of sp³-hybridized carbons (Fsp3) is 0.240. The molecule has 8 heteroatoms. The number of hydrogen-bond acceptors (Lipinski definition) is 6. The molecule has 0 amide bonds. The summed E-state index contributed by atoms with van der Waals surface area (Å²) in [7, 11) is 1.55. The van der Waals surface area contributed by atoms with Crippen molar-refractivity contribution in [3.8, 4) is 16.9 Å². The highest BCUT2D eigenvalue weighted by atomic mass is 35.5. The minimum atomic E-state index is -0.871. The molecule has 0 spiro atoms. The lowest BCUT2D eigenvalue weighted by Gasteiger charge is -2.15. The molecule has 3 unspecified atom stereocenters. The molecule has 3 aromatic rings. The first-order chi connectivity index (χ1) is 15.9. The highest BCUT2D eigenvalue weighted by molar-refractivity contribution is 6.37. The highest BCUT2D eigenvalue weighted by Gasteiger charge is 2.38. The zero-order chi connectivity index (χ0) is 23.5. The molecule has 0 fully saturated rings. The van der Waals surface area contributed by atoms with Gasteiger partial charge in [-0.3, -0.25) is 4.79 Å². The molecule has 0 aromatic heterocycles. The molecule has 172 valence electrons. The van der Waals surface area contributed by atoms with Crippen molar-refractivity contribution in [3.05, 3.63) is 81.8 Å². The molecule has 1 aliphatic rings. The molecule has 0 bridgehead atoms. The van der Waals surface area contributed by atoms with Gasteiger partial charge in [0.25, 0.3) is 0 Å². The van der Waals surface area contributed by atoms with Crippen LogP contribution in [0.2, 0.25) is 10.0 Å². The van der Waals surface area contributed by atoms with E-state index in [0.717, 1.165) is 22.4 Å². The van der Waals surface area contributed by atoms with Crippen molar-refractivity contribution in [1.29, 1.82) is 0 Å². The van der Waals surface area contributed by atoms with Gasteiger partial charge in [0, 0.05) is 35.5 Å². The number of anilines is 1. The molecular weight excluding hydrogens is 463 g/mol. The highest BCUT2D eigenvalue weighted by Crippen LogP contribution is 2.40. The first-order valence-corrected chi connectivity index (χ1v) is 11.2. The summed E-state index contributed by atoms with van der Waals surface area (Å²) in [6.45, 7) is 0.632. The zero-order valence-corrected chi connectivity index (χ0v) is 19.4. The van der Waals surface area contributed by atoms with Gasteiger partial charge in [0.05, 0.1) is 23.8 Å². The number of ketones is 1. The Morgan fingerprint density at radius 2 is 1.94 bits per heavy atom. The monoisotopic (exact) mass is 486 g/mol. The van der Waals surface area contributed by atoms with Crippen LogP contribution in [0, 0.1) is 0 Å². The summed E-state index contributed by atoms with van der Waals surface area (Å²) in [6.07, 6.45) is -1.47. The maximum atomic E-state index is 13.1. The SMILES string of the molecule is COCC(O)CNc1cccc(-c2ccc3c(c2)OC(C(=O)c2ccc(Cl)cc2Cl)C3N)c1. The third kappa shape index (κ3) is 5.16. The fourth-order valence-corrected chi connectivity index (χ4v) is 4.32. The second-order valence-corrected chi connectivity index (χ2v) is 8.72. The predicted octanol–water partition coefficient (Wildman–Crippen LogP) is 4.72. The van der Waals surface area contributed by atoms with Gasteiger partial charge in [0.2, 0.25) is 5.78 Å². The number of aliphatic hydroxyl groups excluding tert-OH is 1. The number of carbonyl (C=O) groups is 1. The van der Waals surface area contributed by atoms with Gasteiger partial charge < -0.3 is 25.6 Å². The standard InChI is InChI=1S/C25H24Cl2N2O4/c1-32-13-18(30)12-29-17-4-2-3-14(9-17)15-5-7-20-22(10-15)33-25(23(20)28)24(31)19-8-6-16(26)11-21(19)27/h2-11,18,23,25,29-30H,12-13,28H2,1H3. The van der Waals surface area contributed by atoms with Gasteiger partial charge in [-0.25, -0.2) is 0 Å². The summed E-state index contributed by atoms with van der Waals surface area (Å²) >= 11 is 12.2. The lowest BCUT2D eigenvalue weighted by atomic mass is 9.96. The first kappa shape index (κ1) is 23.5. The Kier molecular flexibility index (Phi) is 7.22. The minimum absolute atomic E-state index is 0.260. The Balaban J connectivity index is 1.53. The van der Waals surface area contributed by atoms with Crippen LogP contribution >= 0.6 is 23.2 Å². The molecule has 0 saturated carbocycles. The van der Waals surface area contributed by atoms with Crippen molar-refractivity contribution >= 4 is 34.7 Å². The maximum absolute atomic E-state index is 13.1. The van der Waals surface area contributed by atoms with Crippen LogP contribution in [0.15, 0.2) is 60.7 Å². The molecule has 1 heterocycles. The first-order valence-electron chi connectivity index (χ1n) is 10.4. The summed E-state index contributed by atoms with van der Waals surface area (Å²) in [5.74, 6) is 0.278. The molecule has 1 aliphatic heterocycles. The smallest absolute Gasteiger partial charge is 0.206 e. The number of methoxy groups -OCH3 is 1. The third-order valence-corrected chi connectivity index (χ3v) is 6.05. The van der Waals surface area contributed by atoms with Gasteiger partial charge in [0.15, 0.2) is 6.10 Å². The van der Waals surface area contributed by atoms with E-state index in [1.54, 1.807) is 19.2 Å². The van der Waals surface area contributed by atoms with Crippen molar-refractivity contribution in [2.45, 2.75) is 18.2 Å². The summed E-state index contributed by atoms with van der Waals surface area (Å²) in [5.41, 5.74) is 10.2. The lowest BCUT2D eigenvalue weighted by Crippen LogP contribution is -2.33. The Morgan fingerprint density at radius 1 is 1.15 bits per heavy atom. The van der Waals surface area contributed by atoms with E-state index in [4.69, 9.17) is 38.4 Å². The van der Waals surface area contributed by atoms with Crippen LogP contribution in [0.25, 0.3) is 11.1 Å². The molecule has 33 heavy (non-hydrogen) atoms. The topological polar surface area (TPSA) is 93.8 Å². The summed E-state index contributed by atoms with van der Waals surface area (Å²) < 4.78 is 10.9. The Hall–Kier alpha value is -2.61. The van der Waals surface area contributed by atoms with E-state index in [-0.39, 0.29) is 17.4 Å². The lowest BCUT2D eigenvalue weighted by molar-refractivity contribution is 0.0727. The van der Waals surface area contributed by atoms with Gasteiger partial charge in [-0.05, 0) is 47.5 Å². The average Bonchev–Trinajstić information content (AvgIpc) is 3.13. The summed E-state index contributed by atoms with van der Waals surface area (Å²) in [6, 6.07) is 17.6. The summed E-state index contributed by atoms with van der Waals surface area (Å²) in [4.78, 5) is 13.1. The molecule has 0 saturated heterocycles. The Morgan fingerprint density at radius 3 is 2.70 bits per heavy atom. The quantitative estimate of drug-likeness (QED) is 0.398. The molecule has 0 aliphatic carbocycles. The number of benzene rings is 3. The minimum Gasteiger partial charge on any atom is -0.480 e. The normalized spacial score (nSPS) is 17.8. The largest absolute Gasteiger partial charge is 0.480 e. The van der Waals surface area contributed by atoms with E-state index in [1.807, 2.05) is 42.5 Å². The van der Waals surface area contributed by atoms with Crippen LogP contribution in [-0.4, -0.2) is 43.4 Å². The summed E-state index contributed by atoms with van der Waals surface area (Å²) in [5, 5.41) is 13.8. The third-order valence-electron chi connectivity index (χ3n) is 5.50. The zero-order valence-electron chi connectivity index (χ0n) is 17.9. The van der Waals surface area contributed by atoms with Crippen LogP contribution in [0.3, 0.4) is 0 Å². The van der Waals surface area contributed by atoms with Crippen LogP contribution in [0.4, 0.5) is 5.69 Å². The molecule has 0 radical (unpaired) electrons. The average molecular weight is 487 g/mol. The number of hydrogen-bond donors (Lipinski definition) is 3. The number of halogens is 2. The Labute approximate surface area is 202 Å². The molecule has 3 atom stereocenters. The van der Waals surface area contributed by atoms with Gasteiger partial charge >= 0.3 is 0 Å². The van der Waals surface area contributed by atoms with Crippen molar-refractivity contribution in [1.82, 2.24) is 0 Å². The van der Waals surface area contributed by atoms with Gasteiger partial charge in [-0.1, -0.05) is 47.5 Å². The van der Waals surface area contributed by atoms with E-state index in [9.17, 15) is 9.90 Å². The van der Waals surface area contributed by atoms with E-state index in [1.165, 1.54) is 6.07 Å². The number of fused-ring (bicyclic) bond motifs is 1. The molecular formula is C25H24Cl2N2O4. The number of nitrogens with two attached hydrogens (primary N) is 1. The fourth-order valence-electron chi connectivity index (χ4n) is 3.82. The number of Topliss-reactive ketones (excluding diaryl/α,β-unsaturated/α-hetero) is 1. The van der Waals surface area contributed by atoms with Crippen LogP contribution in [0.1, 0.15) is 22.0 Å². The van der Waals surface area contributed by atoms with Crippen molar-refractivity contribution < 1.29 is 19.4 Å².